The van der Waals surface area contributed by atoms with Gasteiger partial charge in [0.2, 0.25) is 5.88 Å². The zero-order valence-corrected chi connectivity index (χ0v) is 12.9. The van der Waals surface area contributed by atoms with Crippen LogP contribution in [0.25, 0.3) is 0 Å². The number of thiazole rings is 1. The van der Waals surface area contributed by atoms with Crippen molar-refractivity contribution < 1.29 is 9.53 Å². The Kier molecular flexibility index (Phi) is 3.88. The third-order valence-electron chi connectivity index (χ3n) is 2.97. The highest BCUT2D eigenvalue weighted by Crippen LogP contribution is 2.22. The van der Waals surface area contributed by atoms with E-state index in [1.54, 1.807) is 29.8 Å². The second-order valence-corrected chi connectivity index (χ2v) is 5.59. The molecule has 0 spiro atoms. The maximum atomic E-state index is 12.1. The molecule has 2 heterocycles. The van der Waals surface area contributed by atoms with Gasteiger partial charge >= 0.3 is 0 Å². The van der Waals surface area contributed by atoms with E-state index < -0.39 is 0 Å². The van der Waals surface area contributed by atoms with Crippen LogP contribution in [0.3, 0.4) is 0 Å². The number of anilines is 1. The number of aromatic nitrogens is 3. The molecule has 0 aliphatic rings. The molecule has 3 aromatic rings. The molecule has 22 heavy (non-hydrogen) atoms. The number of aromatic amines is 1. The van der Waals surface area contributed by atoms with E-state index >= 15 is 0 Å². The number of amides is 1. The number of H-pyrrole nitrogens is 1. The highest BCUT2D eigenvalue weighted by molar-refractivity contribution is 7.12. The number of aryl methyl sites for hydroxylation is 2. The number of rotatable bonds is 4. The molecule has 3 rings (SSSR count). The van der Waals surface area contributed by atoms with Crippen LogP contribution in [0, 0.1) is 13.8 Å². The molecule has 1 amide bonds. The lowest BCUT2D eigenvalue weighted by molar-refractivity contribution is 0.103. The third-order valence-corrected chi connectivity index (χ3v) is 3.90. The van der Waals surface area contributed by atoms with Gasteiger partial charge < -0.3 is 10.1 Å². The van der Waals surface area contributed by atoms with Crippen molar-refractivity contribution in [2.24, 2.45) is 0 Å². The normalized spacial score (nSPS) is 10.5. The van der Waals surface area contributed by atoms with Crippen molar-refractivity contribution in [2.45, 2.75) is 13.8 Å². The summed E-state index contributed by atoms with van der Waals surface area (Å²) in [5.74, 6) is 1.00. The first kappa shape index (κ1) is 14.3. The van der Waals surface area contributed by atoms with Crippen LogP contribution in [0.2, 0.25) is 0 Å². The van der Waals surface area contributed by atoms with Gasteiger partial charge in [-0.05, 0) is 38.1 Å². The van der Waals surface area contributed by atoms with Crippen molar-refractivity contribution >= 4 is 22.9 Å². The lowest BCUT2D eigenvalue weighted by atomic mass is 10.3. The van der Waals surface area contributed by atoms with Crippen LogP contribution in [-0.4, -0.2) is 21.1 Å². The number of nitrogens with one attached hydrogen (secondary N) is 2. The Morgan fingerprint density at radius 2 is 2.05 bits per heavy atom. The first-order chi connectivity index (χ1) is 10.6. The molecular formula is C15H14N4O2S. The minimum Gasteiger partial charge on any atom is -0.438 e. The molecule has 0 fully saturated rings. The second-order valence-electron chi connectivity index (χ2n) is 4.74. The highest BCUT2D eigenvalue weighted by atomic mass is 32.1. The molecule has 0 unspecified atom stereocenters. The molecule has 7 heteroatoms. The van der Waals surface area contributed by atoms with E-state index in [1.165, 1.54) is 11.3 Å². The Bertz CT molecular complexity index is 792. The monoisotopic (exact) mass is 314 g/mol. The van der Waals surface area contributed by atoms with E-state index in [0.717, 1.165) is 11.4 Å². The molecule has 6 nitrogen and oxygen atoms in total. The molecule has 0 aliphatic heterocycles. The topological polar surface area (TPSA) is 79.9 Å². The quantitative estimate of drug-likeness (QED) is 0.772. The van der Waals surface area contributed by atoms with Gasteiger partial charge in [0.25, 0.3) is 5.91 Å². The summed E-state index contributed by atoms with van der Waals surface area (Å²) >= 11 is 1.32. The standard InChI is InChI=1S/C15H14N4O2S/c1-9-7-13(19-18-9)21-12-5-3-11(4-6-12)17-15(20)14-10(2)16-8-22-14/h3-8H,1-2H3,(H,17,20)(H,18,19). The van der Waals surface area contributed by atoms with Crippen LogP contribution >= 0.6 is 11.3 Å². The molecule has 0 bridgehead atoms. The van der Waals surface area contributed by atoms with Crippen molar-refractivity contribution in [2.75, 3.05) is 5.32 Å². The Hall–Kier alpha value is -2.67. The predicted molar refractivity (Wildman–Crippen MR) is 84.6 cm³/mol. The predicted octanol–water partition coefficient (Wildman–Crippen LogP) is 3.53. The smallest absolute Gasteiger partial charge is 0.267 e. The van der Waals surface area contributed by atoms with Crippen molar-refractivity contribution in [1.29, 1.82) is 0 Å². The maximum Gasteiger partial charge on any atom is 0.267 e. The van der Waals surface area contributed by atoms with Crippen molar-refractivity contribution in [1.82, 2.24) is 15.2 Å². The SMILES string of the molecule is Cc1cc(Oc2ccc(NC(=O)c3scnc3C)cc2)n[nH]1. The Morgan fingerprint density at radius 1 is 1.27 bits per heavy atom. The van der Waals surface area contributed by atoms with Crippen LogP contribution in [0.4, 0.5) is 5.69 Å². The lowest BCUT2D eigenvalue weighted by Crippen LogP contribution is -2.11. The molecule has 1 aromatic carbocycles. The zero-order chi connectivity index (χ0) is 15.5. The second kappa shape index (κ2) is 5.98. The van der Waals surface area contributed by atoms with Crippen LogP contribution in [0.15, 0.2) is 35.8 Å². The number of carbonyl (C=O) groups is 1. The average Bonchev–Trinajstić information content (AvgIpc) is 3.10. The summed E-state index contributed by atoms with van der Waals surface area (Å²) in [5.41, 5.74) is 4.02. The molecule has 0 saturated carbocycles. The number of hydrogen-bond donors (Lipinski definition) is 2. The zero-order valence-electron chi connectivity index (χ0n) is 12.1. The fourth-order valence-corrected chi connectivity index (χ4v) is 2.58. The van der Waals surface area contributed by atoms with E-state index in [0.29, 0.717) is 22.2 Å². The summed E-state index contributed by atoms with van der Waals surface area (Å²) in [7, 11) is 0. The summed E-state index contributed by atoms with van der Waals surface area (Å²) in [6.07, 6.45) is 0. The van der Waals surface area contributed by atoms with Crippen LogP contribution in [-0.2, 0) is 0 Å². The molecule has 2 aromatic heterocycles. The fraction of sp³-hybridized carbons (Fsp3) is 0.133. The first-order valence-corrected chi connectivity index (χ1v) is 7.51. The molecule has 2 N–H and O–H groups in total. The lowest BCUT2D eigenvalue weighted by Gasteiger charge is -2.06. The minimum absolute atomic E-state index is 0.156. The number of nitrogens with zero attached hydrogens (tertiary/aromatic N) is 2. The molecule has 0 atom stereocenters. The van der Waals surface area contributed by atoms with E-state index in [4.69, 9.17) is 4.74 Å². The summed E-state index contributed by atoms with van der Waals surface area (Å²) in [4.78, 5) is 16.8. The first-order valence-electron chi connectivity index (χ1n) is 6.63. The molecule has 0 saturated heterocycles. The van der Waals surface area contributed by atoms with Crippen molar-refractivity contribution in [3.8, 4) is 11.6 Å². The highest BCUT2D eigenvalue weighted by Gasteiger charge is 2.11. The Labute approximate surface area is 131 Å². The summed E-state index contributed by atoms with van der Waals surface area (Å²) in [6.45, 7) is 3.72. The summed E-state index contributed by atoms with van der Waals surface area (Å²) in [5, 5.41) is 9.65. The van der Waals surface area contributed by atoms with Crippen LogP contribution in [0.1, 0.15) is 21.1 Å². The van der Waals surface area contributed by atoms with Gasteiger partial charge in [-0.3, -0.25) is 9.89 Å². The van der Waals surface area contributed by atoms with E-state index in [9.17, 15) is 4.79 Å². The molecule has 112 valence electrons. The average molecular weight is 314 g/mol. The Morgan fingerprint density at radius 3 is 2.64 bits per heavy atom. The van der Waals surface area contributed by atoms with E-state index in [-0.39, 0.29) is 5.91 Å². The maximum absolute atomic E-state index is 12.1. The Balaban J connectivity index is 1.66. The van der Waals surface area contributed by atoms with E-state index in [2.05, 4.69) is 20.5 Å². The number of hydrogen-bond acceptors (Lipinski definition) is 5. The van der Waals surface area contributed by atoms with E-state index in [1.807, 2.05) is 19.9 Å². The van der Waals surface area contributed by atoms with Crippen LogP contribution < -0.4 is 10.1 Å². The number of benzene rings is 1. The molecule has 0 radical (unpaired) electrons. The number of ether oxygens (including phenoxy) is 1. The van der Waals surface area contributed by atoms with Gasteiger partial charge in [0, 0.05) is 17.4 Å². The van der Waals surface area contributed by atoms with Gasteiger partial charge in [-0.15, -0.1) is 16.4 Å². The summed E-state index contributed by atoms with van der Waals surface area (Å²) < 4.78 is 5.59. The van der Waals surface area contributed by atoms with Gasteiger partial charge in [0.1, 0.15) is 10.6 Å². The third kappa shape index (κ3) is 3.15. The van der Waals surface area contributed by atoms with Crippen LogP contribution in [0.5, 0.6) is 11.6 Å². The molecule has 0 aliphatic carbocycles. The summed E-state index contributed by atoms with van der Waals surface area (Å²) in [6, 6.07) is 8.92. The van der Waals surface area contributed by atoms with Gasteiger partial charge in [0.15, 0.2) is 0 Å². The fourth-order valence-electron chi connectivity index (χ4n) is 1.88. The van der Waals surface area contributed by atoms with Crippen molar-refractivity contribution in [3.63, 3.8) is 0 Å². The minimum atomic E-state index is -0.156. The number of carbonyl (C=O) groups excluding carboxylic acids is 1. The largest absolute Gasteiger partial charge is 0.438 e. The van der Waals surface area contributed by atoms with Gasteiger partial charge in [-0.25, -0.2) is 4.98 Å². The molecular weight excluding hydrogens is 300 g/mol. The van der Waals surface area contributed by atoms with Gasteiger partial charge in [0.05, 0.1) is 11.2 Å². The van der Waals surface area contributed by atoms with Gasteiger partial charge in [-0.2, -0.15) is 0 Å². The van der Waals surface area contributed by atoms with Gasteiger partial charge in [-0.1, -0.05) is 0 Å². The van der Waals surface area contributed by atoms with Crippen molar-refractivity contribution in [3.05, 3.63) is 52.1 Å².